The van der Waals surface area contributed by atoms with E-state index < -0.39 is 6.03 Å². The predicted molar refractivity (Wildman–Crippen MR) is 52.1 cm³/mol. The fourth-order valence-corrected chi connectivity index (χ4v) is 1.28. The molecule has 0 saturated carbocycles. The van der Waals surface area contributed by atoms with E-state index in [-0.39, 0.29) is 6.79 Å². The first-order valence-corrected chi connectivity index (χ1v) is 4.42. The molecule has 1 heterocycles. The van der Waals surface area contributed by atoms with Gasteiger partial charge in [0, 0.05) is 6.54 Å². The van der Waals surface area contributed by atoms with E-state index in [9.17, 15) is 4.79 Å². The summed E-state index contributed by atoms with van der Waals surface area (Å²) in [4.78, 5) is 10.4. The summed E-state index contributed by atoms with van der Waals surface area (Å²) in [5.41, 5.74) is 10.8. The second-order valence-corrected chi connectivity index (χ2v) is 3.03. The zero-order chi connectivity index (χ0) is 10.7. The van der Waals surface area contributed by atoms with Gasteiger partial charge in [-0.25, -0.2) is 10.2 Å². The first-order valence-electron chi connectivity index (χ1n) is 4.42. The lowest BCUT2D eigenvalue weighted by molar-refractivity contribution is 0.174. The maximum absolute atomic E-state index is 10.4. The Morgan fingerprint density at radius 1 is 1.40 bits per heavy atom. The van der Waals surface area contributed by atoms with Gasteiger partial charge in [-0.15, -0.1) is 0 Å². The van der Waals surface area contributed by atoms with Crippen molar-refractivity contribution in [3.8, 4) is 11.5 Å². The van der Waals surface area contributed by atoms with Gasteiger partial charge in [-0.2, -0.15) is 0 Å². The molecule has 6 heteroatoms. The summed E-state index contributed by atoms with van der Waals surface area (Å²) in [5.74, 6) is 1.45. The van der Waals surface area contributed by atoms with Crippen molar-refractivity contribution < 1.29 is 14.3 Å². The van der Waals surface area contributed by atoms with Crippen molar-refractivity contribution in [3.05, 3.63) is 23.8 Å². The van der Waals surface area contributed by atoms with E-state index in [0.29, 0.717) is 12.3 Å². The summed E-state index contributed by atoms with van der Waals surface area (Å²) < 4.78 is 10.4. The number of rotatable bonds is 3. The highest BCUT2D eigenvalue weighted by molar-refractivity contribution is 5.70. The number of urea groups is 1. The van der Waals surface area contributed by atoms with E-state index in [2.05, 4.69) is 10.9 Å². The average molecular weight is 209 g/mol. The van der Waals surface area contributed by atoms with Crippen LogP contribution in [0.15, 0.2) is 18.2 Å². The largest absolute Gasteiger partial charge is 0.454 e. The molecule has 1 aromatic carbocycles. The number of benzene rings is 1. The van der Waals surface area contributed by atoms with E-state index >= 15 is 0 Å². The minimum absolute atomic E-state index is 0.256. The lowest BCUT2D eigenvalue weighted by atomic mass is 10.2. The van der Waals surface area contributed by atoms with Crippen molar-refractivity contribution in [2.75, 3.05) is 6.79 Å². The Balaban J connectivity index is 1.95. The fourth-order valence-electron chi connectivity index (χ4n) is 1.28. The number of hydrazine groups is 1. The highest BCUT2D eigenvalue weighted by Gasteiger charge is 2.12. The van der Waals surface area contributed by atoms with Crippen LogP contribution >= 0.6 is 0 Å². The summed E-state index contributed by atoms with van der Waals surface area (Å²) in [6.45, 7) is 0.728. The van der Waals surface area contributed by atoms with Gasteiger partial charge in [-0.1, -0.05) is 6.07 Å². The van der Waals surface area contributed by atoms with Gasteiger partial charge in [-0.05, 0) is 17.7 Å². The molecule has 0 saturated heterocycles. The van der Waals surface area contributed by atoms with E-state index in [1.165, 1.54) is 0 Å². The SMILES string of the molecule is NC(=O)NNCc1ccc2c(c1)OCO2. The zero-order valence-electron chi connectivity index (χ0n) is 7.95. The molecule has 2 amide bonds. The molecule has 0 aliphatic carbocycles. The molecule has 0 radical (unpaired) electrons. The highest BCUT2D eigenvalue weighted by atomic mass is 16.7. The molecule has 1 aromatic rings. The molecular formula is C9H11N3O3. The first-order chi connectivity index (χ1) is 7.25. The summed E-state index contributed by atoms with van der Waals surface area (Å²) in [7, 11) is 0. The Morgan fingerprint density at radius 3 is 3.00 bits per heavy atom. The van der Waals surface area contributed by atoms with Crippen LogP contribution in [0.2, 0.25) is 0 Å². The predicted octanol–water partition coefficient (Wildman–Crippen LogP) is 0.0882. The maximum atomic E-state index is 10.4. The summed E-state index contributed by atoms with van der Waals surface area (Å²) in [6, 6.07) is 4.93. The van der Waals surface area contributed by atoms with Gasteiger partial charge in [0.2, 0.25) is 6.79 Å². The third-order valence-corrected chi connectivity index (χ3v) is 1.94. The van der Waals surface area contributed by atoms with E-state index in [1.807, 2.05) is 18.2 Å². The number of nitrogens with two attached hydrogens (primary N) is 1. The highest BCUT2D eigenvalue weighted by Crippen LogP contribution is 2.32. The molecule has 2 rings (SSSR count). The Bertz CT molecular complexity index is 381. The molecule has 0 unspecified atom stereocenters. The third kappa shape index (κ3) is 2.29. The fraction of sp³-hybridized carbons (Fsp3) is 0.222. The molecule has 15 heavy (non-hydrogen) atoms. The molecule has 6 nitrogen and oxygen atoms in total. The first kappa shape index (κ1) is 9.60. The maximum Gasteiger partial charge on any atom is 0.326 e. The van der Waals surface area contributed by atoms with Crippen LogP contribution in [0.3, 0.4) is 0 Å². The molecule has 1 aliphatic heterocycles. The van der Waals surface area contributed by atoms with Crippen molar-refractivity contribution in [1.29, 1.82) is 0 Å². The van der Waals surface area contributed by atoms with E-state index in [4.69, 9.17) is 15.2 Å². The Morgan fingerprint density at radius 2 is 2.20 bits per heavy atom. The number of ether oxygens (including phenoxy) is 2. The standard InChI is InChI=1S/C9H11N3O3/c10-9(13)12-11-4-6-1-2-7-8(3-6)15-5-14-7/h1-3,11H,4-5H2,(H3,10,12,13). The van der Waals surface area contributed by atoms with Crippen molar-refractivity contribution >= 4 is 6.03 Å². The van der Waals surface area contributed by atoms with Crippen molar-refractivity contribution in [2.45, 2.75) is 6.54 Å². The molecule has 0 bridgehead atoms. The quantitative estimate of drug-likeness (QED) is 0.616. The number of hydrogen-bond acceptors (Lipinski definition) is 4. The van der Waals surface area contributed by atoms with Crippen LogP contribution in [0.1, 0.15) is 5.56 Å². The van der Waals surface area contributed by atoms with E-state index in [1.54, 1.807) is 0 Å². The number of nitrogens with one attached hydrogen (secondary N) is 2. The number of carbonyl (C=O) groups excluding carboxylic acids is 1. The average Bonchev–Trinajstić information content (AvgIpc) is 2.64. The molecule has 1 aliphatic rings. The topological polar surface area (TPSA) is 85.6 Å². The van der Waals surface area contributed by atoms with Crippen LogP contribution in [0.5, 0.6) is 11.5 Å². The van der Waals surface area contributed by atoms with Gasteiger partial charge in [0.05, 0.1) is 0 Å². The monoisotopic (exact) mass is 209 g/mol. The van der Waals surface area contributed by atoms with Crippen LogP contribution in [-0.4, -0.2) is 12.8 Å². The molecule has 0 fully saturated rings. The van der Waals surface area contributed by atoms with Crippen LogP contribution < -0.4 is 26.1 Å². The minimum atomic E-state index is -0.615. The lowest BCUT2D eigenvalue weighted by Gasteiger charge is -2.05. The van der Waals surface area contributed by atoms with Crippen LogP contribution in [0.4, 0.5) is 4.79 Å². The van der Waals surface area contributed by atoms with Gasteiger partial charge in [0.1, 0.15) is 0 Å². The third-order valence-electron chi connectivity index (χ3n) is 1.94. The second kappa shape index (κ2) is 4.05. The van der Waals surface area contributed by atoms with Crippen LogP contribution in [0, 0.1) is 0 Å². The number of hydrogen-bond donors (Lipinski definition) is 3. The molecule has 4 N–H and O–H groups in total. The molecule has 0 atom stereocenters. The minimum Gasteiger partial charge on any atom is -0.454 e. The Hall–Kier alpha value is -1.95. The second-order valence-electron chi connectivity index (χ2n) is 3.03. The summed E-state index contributed by atoms with van der Waals surface area (Å²) in [5, 5.41) is 0. The molecule has 0 spiro atoms. The van der Waals surface area contributed by atoms with Crippen LogP contribution in [0.25, 0.3) is 0 Å². The van der Waals surface area contributed by atoms with Gasteiger partial charge in [0.25, 0.3) is 0 Å². The summed E-state index contributed by atoms with van der Waals surface area (Å²) >= 11 is 0. The number of amides is 2. The van der Waals surface area contributed by atoms with Crippen molar-refractivity contribution in [2.24, 2.45) is 5.73 Å². The van der Waals surface area contributed by atoms with Crippen LogP contribution in [-0.2, 0) is 6.54 Å². The van der Waals surface area contributed by atoms with Gasteiger partial charge in [0.15, 0.2) is 11.5 Å². The normalized spacial score (nSPS) is 12.5. The van der Waals surface area contributed by atoms with Gasteiger partial charge >= 0.3 is 6.03 Å². The zero-order valence-corrected chi connectivity index (χ0v) is 7.95. The lowest BCUT2D eigenvalue weighted by Crippen LogP contribution is -2.40. The number of primary amides is 1. The number of carbonyl (C=O) groups is 1. The Labute approximate surface area is 86.3 Å². The van der Waals surface area contributed by atoms with Crippen molar-refractivity contribution in [1.82, 2.24) is 10.9 Å². The van der Waals surface area contributed by atoms with Gasteiger partial charge < -0.3 is 15.2 Å². The molecule has 0 aromatic heterocycles. The molecule has 80 valence electrons. The summed E-state index contributed by atoms with van der Waals surface area (Å²) in [6.07, 6.45) is 0. The van der Waals surface area contributed by atoms with Crippen molar-refractivity contribution in [3.63, 3.8) is 0 Å². The smallest absolute Gasteiger partial charge is 0.326 e. The van der Waals surface area contributed by atoms with E-state index in [0.717, 1.165) is 11.3 Å². The molecular weight excluding hydrogens is 198 g/mol. The Kier molecular flexibility index (Phi) is 2.59. The van der Waals surface area contributed by atoms with Gasteiger partial charge in [-0.3, -0.25) is 5.43 Å². The number of fused-ring (bicyclic) bond motifs is 1.